The van der Waals surface area contributed by atoms with Gasteiger partial charge < -0.3 is 15.3 Å². The summed E-state index contributed by atoms with van der Waals surface area (Å²) in [4.78, 5) is 11.1. The number of carboxylic acids is 1. The molecule has 10 atom stereocenters. The molecule has 0 amide bonds. The Kier molecular flexibility index (Phi) is 5.36. The van der Waals surface area contributed by atoms with Crippen LogP contribution in [0.3, 0.4) is 0 Å². The molecule has 0 aromatic rings. The zero-order chi connectivity index (χ0) is 20.3. The molecule has 0 saturated heterocycles. The Labute approximate surface area is 170 Å². The van der Waals surface area contributed by atoms with Crippen molar-refractivity contribution in [1.82, 2.24) is 0 Å². The number of aliphatic hydroxyl groups excluding tert-OH is 2. The van der Waals surface area contributed by atoms with Gasteiger partial charge in [0, 0.05) is 6.42 Å². The Balaban J connectivity index is 1.56. The fraction of sp³-hybridized carbons (Fsp3) is 0.958. The zero-order valence-electron chi connectivity index (χ0n) is 17.9. The first kappa shape index (κ1) is 20.7. The molecule has 28 heavy (non-hydrogen) atoms. The van der Waals surface area contributed by atoms with Crippen molar-refractivity contribution in [3.05, 3.63) is 0 Å². The Morgan fingerprint density at radius 3 is 2.54 bits per heavy atom. The van der Waals surface area contributed by atoms with Crippen LogP contribution in [0.2, 0.25) is 0 Å². The number of fused-ring (bicyclic) bond motifs is 5. The van der Waals surface area contributed by atoms with Crippen LogP contribution in [-0.4, -0.2) is 33.5 Å². The molecule has 4 heteroatoms. The minimum absolute atomic E-state index is 0.147. The van der Waals surface area contributed by atoms with Crippen LogP contribution in [0.25, 0.3) is 0 Å². The summed E-state index contributed by atoms with van der Waals surface area (Å²) >= 11 is 0. The second-order valence-electron chi connectivity index (χ2n) is 11.4. The van der Waals surface area contributed by atoms with Gasteiger partial charge in [-0.2, -0.15) is 0 Å². The second kappa shape index (κ2) is 7.27. The summed E-state index contributed by atoms with van der Waals surface area (Å²) in [6, 6.07) is 0. The highest BCUT2D eigenvalue weighted by Gasteiger charge is 2.63. The number of carbonyl (C=O) groups is 1. The predicted octanol–water partition coefficient (Wildman–Crippen LogP) is 4.48. The van der Waals surface area contributed by atoms with Crippen LogP contribution in [0.5, 0.6) is 0 Å². The highest BCUT2D eigenvalue weighted by atomic mass is 16.4. The number of aliphatic carboxylic acids is 1. The van der Waals surface area contributed by atoms with E-state index in [-0.39, 0.29) is 29.5 Å². The van der Waals surface area contributed by atoms with E-state index >= 15 is 0 Å². The van der Waals surface area contributed by atoms with Crippen LogP contribution < -0.4 is 0 Å². The molecule has 160 valence electrons. The molecule has 0 spiro atoms. The Hall–Kier alpha value is -0.610. The summed E-state index contributed by atoms with van der Waals surface area (Å²) in [6.45, 7) is 7.06. The van der Waals surface area contributed by atoms with E-state index in [1.54, 1.807) is 0 Å². The summed E-state index contributed by atoms with van der Waals surface area (Å²) in [5.74, 6) is 2.46. The van der Waals surface area contributed by atoms with E-state index in [1.165, 1.54) is 25.7 Å². The van der Waals surface area contributed by atoms with E-state index in [9.17, 15) is 15.0 Å². The second-order valence-corrected chi connectivity index (χ2v) is 11.4. The van der Waals surface area contributed by atoms with Gasteiger partial charge in [-0.3, -0.25) is 4.79 Å². The molecule has 4 rings (SSSR count). The normalized spacial score (nSPS) is 51.7. The molecule has 0 aliphatic heterocycles. The topological polar surface area (TPSA) is 77.8 Å². The Morgan fingerprint density at radius 2 is 1.82 bits per heavy atom. The highest BCUT2D eigenvalue weighted by molar-refractivity contribution is 5.66. The van der Waals surface area contributed by atoms with E-state index < -0.39 is 5.97 Å². The zero-order valence-corrected chi connectivity index (χ0v) is 17.9. The average molecular weight is 393 g/mol. The Morgan fingerprint density at radius 1 is 1.07 bits per heavy atom. The largest absolute Gasteiger partial charge is 0.481 e. The molecule has 0 aromatic carbocycles. The fourth-order valence-electron chi connectivity index (χ4n) is 8.89. The molecule has 4 aliphatic rings. The van der Waals surface area contributed by atoms with Crippen molar-refractivity contribution in [2.24, 2.45) is 46.3 Å². The van der Waals surface area contributed by atoms with Crippen LogP contribution in [0.4, 0.5) is 0 Å². The van der Waals surface area contributed by atoms with Gasteiger partial charge in [0.1, 0.15) is 0 Å². The lowest BCUT2D eigenvalue weighted by molar-refractivity contribution is -0.179. The van der Waals surface area contributed by atoms with Crippen LogP contribution in [0, 0.1) is 46.3 Å². The molecule has 4 aliphatic carbocycles. The van der Waals surface area contributed by atoms with Crippen molar-refractivity contribution in [3.63, 3.8) is 0 Å². The minimum atomic E-state index is -0.693. The molecular weight excluding hydrogens is 352 g/mol. The van der Waals surface area contributed by atoms with Gasteiger partial charge in [-0.15, -0.1) is 0 Å². The quantitative estimate of drug-likeness (QED) is 0.659. The molecule has 4 saturated carbocycles. The summed E-state index contributed by atoms with van der Waals surface area (Å²) in [5, 5.41) is 30.7. The molecule has 1 unspecified atom stereocenters. The number of hydrogen-bond donors (Lipinski definition) is 3. The lowest BCUT2D eigenvalue weighted by Crippen LogP contribution is -2.59. The van der Waals surface area contributed by atoms with E-state index in [2.05, 4.69) is 20.8 Å². The smallest absolute Gasteiger partial charge is 0.303 e. The van der Waals surface area contributed by atoms with Crippen molar-refractivity contribution in [2.75, 3.05) is 0 Å². The third-order valence-corrected chi connectivity index (χ3v) is 10.1. The van der Waals surface area contributed by atoms with Gasteiger partial charge in [0.05, 0.1) is 12.2 Å². The maximum atomic E-state index is 11.4. The number of aliphatic hydroxyl groups is 2. The lowest BCUT2D eigenvalue weighted by Gasteiger charge is -2.62. The van der Waals surface area contributed by atoms with Gasteiger partial charge >= 0.3 is 5.97 Å². The van der Waals surface area contributed by atoms with E-state index in [0.29, 0.717) is 35.5 Å². The number of carboxylic acid groups (broad SMARTS) is 1. The van der Waals surface area contributed by atoms with E-state index in [4.69, 9.17) is 5.11 Å². The lowest BCUT2D eigenvalue weighted by atomic mass is 9.43. The maximum absolute atomic E-state index is 11.4. The molecule has 0 bridgehead atoms. The number of rotatable bonds is 4. The summed E-state index contributed by atoms with van der Waals surface area (Å²) in [7, 11) is 0. The molecule has 0 aromatic heterocycles. The maximum Gasteiger partial charge on any atom is 0.303 e. The molecule has 0 heterocycles. The van der Waals surface area contributed by atoms with Gasteiger partial charge in [0.2, 0.25) is 0 Å². The SMILES string of the molecule is C[C@H](CCC(=O)O)[C@H]1CC[C@H]2[C@@H]3CC[C@@H]4C[C@H](O)CC[C@]4(C)[C@H]3C(O)C[C@]12C. The van der Waals surface area contributed by atoms with Crippen molar-refractivity contribution >= 4 is 5.97 Å². The predicted molar refractivity (Wildman–Crippen MR) is 109 cm³/mol. The number of hydrogen-bond acceptors (Lipinski definition) is 3. The third-order valence-electron chi connectivity index (χ3n) is 10.1. The first-order valence-electron chi connectivity index (χ1n) is 11.7. The highest BCUT2D eigenvalue weighted by Crippen LogP contribution is 2.68. The van der Waals surface area contributed by atoms with Gasteiger partial charge in [0.15, 0.2) is 0 Å². The van der Waals surface area contributed by atoms with Crippen LogP contribution in [0.15, 0.2) is 0 Å². The molecule has 4 nitrogen and oxygen atoms in total. The molecule has 3 N–H and O–H groups in total. The van der Waals surface area contributed by atoms with Gasteiger partial charge in [-0.25, -0.2) is 0 Å². The first-order valence-corrected chi connectivity index (χ1v) is 11.7. The van der Waals surface area contributed by atoms with E-state index in [1.807, 2.05) is 0 Å². The van der Waals surface area contributed by atoms with Gasteiger partial charge in [-0.1, -0.05) is 20.8 Å². The average Bonchev–Trinajstić information content (AvgIpc) is 2.96. The minimum Gasteiger partial charge on any atom is -0.481 e. The summed E-state index contributed by atoms with van der Waals surface area (Å²) in [6.07, 6.45) is 9.20. The van der Waals surface area contributed by atoms with Crippen LogP contribution >= 0.6 is 0 Å². The summed E-state index contributed by atoms with van der Waals surface area (Å²) < 4.78 is 0. The van der Waals surface area contributed by atoms with E-state index in [0.717, 1.165) is 32.1 Å². The fourth-order valence-corrected chi connectivity index (χ4v) is 8.89. The first-order chi connectivity index (χ1) is 13.2. The van der Waals surface area contributed by atoms with Crippen LogP contribution in [0.1, 0.15) is 85.0 Å². The molecule has 0 radical (unpaired) electrons. The Bertz CT molecular complexity index is 605. The standard InChI is InChI=1S/C24H40O4/c1-14(4-9-21(27)28)18-7-8-19-17-6-5-15-12-16(25)10-11-23(15,2)22(17)20(26)13-24(18,19)3/h14-20,22,25-26H,4-13H2,1-3H3,(H,27,28)/t14-,15-,16-,17+,18-,19+,20?,22-,23+,24-/m1/s1. The molecular formula is C24H40O4. The summed E-state index contributed by atoms with van der Waals surface area (Å²) in [5.41, 5.74) is 0.325. The van der Waals surface area contributed by atoms with Gasteiger partial charge in [-0.05, 0) is 104 Å². The van der Waals surface area contributed by atoms with Crippen molar-refractivity contribution in [2.45, 2.75) is 97.2 Å². The van der Waals surface area contributed by atoms with Crippen molar-refractivity contribution in [1.29, 1.82) is 0 Å². The van der Waals surface area contributed by atoms with Crippen LogP contribution in [-0.2, 0) is 4.79 Å². The van der Waals surface area contributed by atoms with Crippen molar-refractivity contribution in [3.8, 4) is 0 Å². The third kappa shape index (κ3) is 3.14. The van der Waals surface area contributed by atoms with Gasteiger partial charge in [0.25, 0.3) is 0 Å². The molecule has 4 fully saturated rings. The van der Waals surface area contributed by atoms with Crippen molar-refractivity contribution < 1.29 is 20.1 Å². The monoisotopic (exact) mass is 392 g/mol.